The minimum atomic E-state index is -0.0545. The fourth-order valence-corrected chi connectivity index (χ4v) is 1.90. The third kappa shape index (κ3) is 2.82. The molecule has 0 unspecified atom stereocenters. The van der Waals surface area contributed by atoms with Crippen LogP contribution in [-0.4, -0.2) is 30.3 Å². The average Bonchev–Trinajstić information content (AvgIpc) is 2.95. The van der Waals surface area contributed by atoms with Crippen molar-refractivity contribution in [2.75, 3.05) is 19.1 Å². The molecule has 2 aromatic rings. The van der Waals surface area contributed by atoms with E-state index in [0.29, 0.717) is 5.82 Å². The van der Waals surface area contributed by atoms with Crippen LogP contribution < -0.4 is 9.64 Å². The van der Waals surface area contributed by atoms with Crippen molar-refractivity contribution in [2.45, 2.75) is 13.8 Å². The molecule has 0 radical (unpaired) electrons. The van der Waals surface area contributed by atoms with E-state index in [1.54, 1.807) is 19.1 Å². The van der Waals surface area contributed by atoms with E-state index >= 15 is 0 Å². The van der Waals surface area contributed by atoms with E-state index in [9.17, 15) is 4.79 Å². The Morgan fingerprint density at radius 2 is 1.95 bits per heavy atom. The molecule has 0 atom stereocenters. The summed E-state index contributed by atoms with van der Waals surface area (Å²) in [6.45, 7) is 3.74. The monoisotopic (exact) mass is 273 g/mol. The Morgan fingerprint density at radius 1 is 1.30 bits per heavy atom. The summed E-state index contributed by atoms with van der Waals surface area (Å²) >= 11 is 0. The zero-order valence-electron chi connectivity index (χ0n) is 12.2. The standard InChI is InChI=1S/C15H19N3O2/c1-10(2)15(19)18(3)14-9-13(16-17-14)11-5-7-12(20-4)8-6-11/h5-10H,1-4H3,(H,16,17). The van der Waals surface area contributed by atoms with Crippen molar-refractivity contribution < 1.29 is 9.53 Å². The highest BCUT2D eigenvalue weighted by Gasteiger charge is 2.17. The number of carbonyl (C=O) groups is 1. The highest BCUT2D eigenvalue weighted by Crippen LogP contribution is 2.24. The highest BCUT2D eigenvalue weighted by atomic mass is 16.5. The van der Waals surface area contributed by atoms with Gasteiger partial charge in [0, 0.05) is 19.0 Å². The van der Waals surface area contributed by atoms with Crippen LogP contribution in [0.25, 0.3) is 11.3 Å². The van der Waals surface area contributed by atoms with Crippen molar-refractivity contribution in [3.8, 4) is 17.0 Å². The normalized spacial score (nSPS) is 10.7. The van der Waals surface area contributed by atoms with Crippen LogP contribution in [0.5, 0.6) is 5.75 Å². The van der Waals surface area contributed by atoms with E-state index in [2.05, 4.69) is 10.2 Å². The van der Waals surface area contributed by atoms with Crippen molar-refractivity contribution in [3.63, 3.8) is 0 Å². The number of H-pyrrole nitrogens is 1. The largest absolute Gasteiger partial charge is 0.497 e. The van der Waals surface area contributed by atoms with Crippen LogP contribution in [0.2, 0.25) is 0 Å². The summed E-state index contributed by atoms with van der Waals surface area (Å²) in [4.78, 5) is 13.5. The van der Waals surface area contributed by atoms with Crippen LogP contribution in [0.1, 0.15) is 13.8 Å². The van der Waals surface area contributed by atoms with Gasteiger partial charge in [-0.25, -0.2) is 0 Å². The molecule has 20 heavy (non-hydrogen) atoms. The van der Waals surface area contributed by atoms with Gasteiger partial charge in [0.05, 0.1) is 12.8 Å². The van der Waals surface area contributed by atoms with Crippen molar-refractivity contribution in [3.05, 3.63) is 30.3 Å². The van der Waals surface area contributed by atoms with Crippen LogP contribution in [0.3, 0.4) is 0 Å². The summed E-state index contributed by atoms with van der Waals surface area (Å²) in [7, 11) is 3.37. The Kier molecular flexibility index (Phi) is 4.08. The second-order valence-corrected chi connectivity index (χ2v) is 4.92. The molecular weight excluding hydrogens is 254 g/mol. The maximum Gasteiger partial charge on any atom is 0.230 e. The summed E-state index contributed by atoms with van der Waals surface area (Å²) in [6, 6.07) is 9.53. The first kappa shape index (κ1) is 14.1. The zero-order chi connectivity index (χ0) is 14.7. The van der Waals surface area contributed by atoms with Crippen molar-refractivity contribution >= 4 is 11.7 Å². The molecule has 1 N–H and O–H groups in total. The summed E-state index contributed by atoms with van der Waals surface area (Å²) in [5.41, 5.74) is 1.86. The Hall–Kier alpha value is -2.30. The topological polar surface area (TPSA) is 58.2 Å². The van der Waals surface area contributed by atoms with Crippen molar-refractivity contribution in [1.82, 2.24) is 10.2 Å². The lowest BCUT2D eigenvalue weighted by Gasteiger charge is -2.15. The maximum absolute atomic E-state index is 11.9. The van der Waals surface area contributed by atoms with E-state index in [1.807, 2.05) is 44.2 Å². The van der Waals surface area contributed by atoms with E-state index in [1.165, 1.54) is 0 Å². The number of benzene rings is 1. The quantitative estimate of drug-likeness (QED) is 0.931. The minimum absolute atomic E-state index is 0.0396. The molecule has 0 aliphatic heterocycles. The average molecular weight is 273 g/mol. The number of hydrogen-bond acceptors (Lipinski definition) is 3. The molecule has 0 aliphatic rings. The number of aromatic amines is 1. The van der Waals surface area contributed by atoms with Gasteiger partial charge in [-0.2, -0.15) is 5.10 Å². The predicted octanol–water partition coefficient (Wildman–Crippen LogP) is 2.70. The molecule has 5 heteroatoms. The molecule has 0 saturated carbocycles. The second-order valence-electron chi connectivity index (χ2n) is 4.92. The molecule has 0 aliphatic carbocycles. The summed E-state index contributed by atoms with van der Waals surface area (Å²) in [5.74, 6) is 1.41. The maximum atomic E-state index is 11.9. The van der Waals surface area contributed by atoms with Crippen LogP contribution in [0.15, 0.2) is 30.3 Å². The number of ether oxygens (including phenoxy) is 1. The van der Waals surface area contributed by atoms with Gasteiger partial charge in [-0.05, 0) is 29.8 Å². The number of anilines is 1. The third-order valence-corrected chi connectivity index (χ3v) is 3.13. The number of rotatable bonds is 4. The number of amides is 1. The molecule has 1 aromatic heterocycles. The molecule has 5 nitrogen and oxygen atoms in total. The molecule has 1 amide bonds. The van der Waals surface area contributed by atoms with Crippen LogP contribution in [-0.2, 0) is 4.79 Å². The van der Waals surface area contributed by atoms with Gasteiger partial charge >= 0.3 is 0 Å². The second kappa shape index (κ2) is 5.77. The zero-order valence-corrected chi connectivity index (χ0v) is 12.2. The first-order valence-electron chi connectivity index (χ1n) is 6.50. The van der Waals surface area contributed by atoms with E-state index in [0.717, 1.165) is 17.0 Å². The Bertz CT molecular complexity index is 587. The fraction of sp³-hybridized carbons (Fsp3) is 0.333. The molecule has 0 bridgehead atoms. The molecule has 1 aromatic carbocycles. The van der Waals surface area contributed by atoms with Crippen molar-refractivity contribution in [1.29, 1.82) is 0 Å². The van der Waals surface area contributed by atoms with Gasteiger partial charge in [0.15, 0.2) is 5.82 Å². The molecule has 0 fully saturated rings. The minimum Gasteiger partial charge on any atom is -0.497 e. The van der Waals surface area contributed by atoms with Gasteiger partial charge in [0.1, 0.15) is 5.75 Å². The van der Waals surface area contributed by atoms with E-state index in [-0.39, 0.29) is 11.8 Å². The number of hydrogen-bond donors (Lipinski definition) is 1. The molecule has 106 valence electrons. The van der Waals surface area contributed by atoms with Gasteiger partial charge in [0.25, 0.3) is 0 Å². The van der Waals surface area contributed by atoms with Gasteiger partial charge < -0.3 is 4.74 Å². The summed E-state index contributed by atoms with van der Waals surface area (Å²) in [6.07, 6.45) is 0. The predicted molar refractivity (Wildman–Crippen MR) is 78.8 cm³/mol. The number of aromatic nitrogens is 2. The van der Waals surface area contributed by atoms with Gasteiger partial charge in [0.2, 0.25) is 5.91 Å². The Balaban J connectivity index is 2.21. The van der Waals surface area contributed by atoms with Gasteiger partial charge in [-0.3, -0.25) is 14.8 Å². The first-order chi connectivity index (χ1) is 9.52. The first-order valence-corrected chi connectivity index (χ1v) is 6.50. The lowest BCUT2D eigenvalue weighted by Crippen LogP contribution is -2.30. The third-order valence-electron chi connectivity index (χ3n) is 3.13. The SMILES string of the molecule is COc1ccc(-c2cc(N(C)C(=O)C(C)C)n[nH]2)cc1. The van der Waals surface area contributed by atoms with Gasteiger partial charge in [-0.1, -0.05) is 13.8 Å². The number of carbonyl (C=O) groups excluding carboxylic acids is 1. The summed E-state index contributed by atoms with van der Waals surface area (Å²) < 4.78 is 5.13. The fourth-order valence-electron chi connectivity index (χ4n) is 1.90. The van der Waals surface area contributed by atoms with E-state index < -0.39 is 0 Å². The van der Waals surface area contributed by atoms with Gasteiger partial charge in [-0.15, -0.1) is 0 Å². The van der Waals surface area contributed by atoms with Crippen LogP contribution in [0, 0.1) is 5.92 Å². The van der Waals surface area contributed by atoms with E-state index in [4.69, 9.17) is 4.74 Å². The Morgan fingerprint density at radius 3 is 2.50 bits per heavy atom. The molecule has 0 saturated heterocycles. The lowest BCUT2D eigenvalue weighted by atomic mass is 10.1. The highest BCUT2D eigenvalue weighted by molar-refractivity contribution is 5.93. The molecular formula is C15H19N3O2. The number of methoxy groups -OCH3 is 1. The van der Waals surface area contributed by atoms with Crippen LogP contribution in [0.4, 0.5) is 5.82 Å². The molecule has 0 spiro atoms. The summed E-state index contributed by atoms with van der Waals surface area (Å²) in [5, 5.41) is 7.14. The smallest absolute Gasteiger partial charge is 0.230 e. The van der Waals surface area contributed by atoms with Crippen LogP contribution >= 0.6 is 0 Å². The molecule has 2 rings (SSSR count). The number of nitrogens with zero attached hydrogens (tertiary/aromatic N) is 2. The van der Waals surface area contributed by atoms with Crippen molar-refractivity contribution in [2.24, 2.45) is 5.92 Å². The number of nitrogens with one attached hydrogen (secondary N) is 1. The molecule has 1 heterocycles. The Labute approximate surface area is 118 Å². The lowest BCUT2D eigenvalue weighted by molar-refractivity contribution is -0.121.